The molecule has 3 aromatic rings. The summed E-state index contributed by atoms with van der Waals surface area (Å²) >= 11 is 0. The van der Waals surface area contributed by atoms with Gasteiger partial charge in [0.2, 0.25) is 0 Å². The highest BCUT2D eigenvalue weighted by atomic mass is 19.1. The number of halogens is 1. The smallest absolute Gasteiger partial charge is 0.128 e. The summed E-state index contributed by atoms with van der Waals surface area (Å²) in [4.78, 5) is 4.57. The Morgan fingerprint density at radius 3 is 2.61 bits per heavy atom. The van der Waals surface area contributed by atoms with E-state index in [0.717, 1.165) is 17.0 Å². The molecular formula is C18H18FN3O. The van der Waals surface area contributed by atoms with Crippen LogP contribution in [0.5, 0.6) is 5.75 Å². The molecule has 4 nitrogen and oxygen atoms in total. The molecule has 0 amide bonds. The predicted octanol–water partition coefficient (Wildman–Crippen LogP) is 3.20. The molecular weight excluding hydrogens is 293 g/mol. The summed E-state index contributed by atoms with van der Waals surface area (Å²) in [5.41, 5.74) is 8.05. The first-order valence-electron chi connectivity index (χ1n) is 7.36. The minimum atomic E-state index is -0.233. The quantitative estimate of drug-likeness (QED) is 0.787. The van der Waals surface area contributed by atoms with Crippen molar-refractivity contribution in [2.45, 2.75) is 13.1 Å². The van der Waals surface area contributed by atoms with Crippen molar-refractivity contribution in [3.8, 4) is 17.0 Å². The van der Waals surface area contributed by atoms with Gasteiger partial charge in [0.25, 0.3) is 0 Å². The maximum Gasteiger partial charge on any atom is 0.128 e. The maximum absolute atomic E-state index is 13.9. The van der Waals surface area contributed by atoms with Crippen molar-refractivity contribution in [1.82, 2.24) is 9.55 Å². The third kappa shape index (κ3) is 3.10. The summed E-state index contributed by atoms with van der Waals surface area (Å²) in [6.45, 7) is 0.672. The van der Waals surface area contributed by atoms with Gasteiger partial charge in [0, 0.05) is 17.3 Å². The molecule has 0 saturated heterocycles. The van der Waals surface area contributed by atoms with Gasteiger partial charge in [0.1, 0.15) is 17.4 Å². The lowest BCUT2D eigenvalue weighted by molar-refractivity contribution is 0.416. The highest BCUT2D eigenvalue weighted by Crippen LogP contribution is 2.29. The number of hydrogen-bond acceptors (Lipinski definition) is 3. The normalized spacial score (nSPS) is 10.7. The summed E-state index contributed by atoms with van der Waals surface area (Å²) in [5, 5.41) is 0. The van der Waals surface area contributed by atoms with Crippen molar-refractivity contribution in [3.05, 3.63) is 71.9 Å². The molecule has 2 aromatic carbocycles. The molecule has 0 atom stereocenters. The zero-order chi connectivity index (χ0) is 16.2. The van der Waals surface area contributed by atoms with Crippen LogP contribution in [0.25, 0.3) is 11.3 Å². The first-order chi connectivity index (χ1) is 11.2. The van der Waals surface area contributed by atoms with Gasteiger partial charge in [-0.25, -0.2) is 9.37 Å². The molecule has 118 valence electrons. The van der Waals surface area contributed by atoms with Gasteiger partial charge in [-0.05, 0) is 18.2 Å². The molecule has 0 bridgehead atoms. The van der Waals surface area contributed by atoms with E-state index in [2.05, 4.69) is 4.98 Å². The first kappa shape index (κ1) is 15.2. The number of rotatable bonds is 5. The molecule has 5 heteroatoms. The standard InChI is InChI=1S/C18H18FN3O/c1-23-17-9-5-3-7-14(17)16-12-22(18(10-20)21-16)11-13-6-2-4-8-15(13)19/h2-9,12H,10-11,20H2,1H3. The van der Waals surface area contributed by atoms with Crippen LogP contribution >= 0.6 is 0 Å². The Kier molecular flexibility index (Phi) is 4.39. The topological polar surface area (TPSA) is 53.1 Å². The average Bonchev–Trinajstić information content (AvgIpc) is 2.99. The second-order valence-electron chi connectivity index (χ2n) is 5.17. The Hall–Kier alpha value is -2.66. The SMILES string of the molecule is COc1ccccc1-c1cn(Cc2ccccc2F)c(CN)n1. The van der Waals surface area contributed by atoms with Crippen LogP contribution in [0.4, 0.5) is 4.39 Å². The molecule has 1 aromatic heterocycles. The molecule has 0 spiro atoms. The molecule has 0 radical (unpaired) electrons. The number of ether oxygens (including phenoxy) is 1. The molecule has 0 saturated carbocycles. The molecule has 0 aliphatic heterocycles. The summed E-state index contributed by atoms with van der Waals surface area (Å²) < 4.78 is 21.1. The van der Waals surface area contributed by atoms with Crippen LogP contribution in [-0.2, 0) is 13.1 Å². The highest BCUT2D eigenvalue weighted by Gasteiger charge is 2.13. The molecule has 0 unspecified atom stereocenters. The third-order valence-electron chi connectivity index (χ3n) is 3.72. The van der Waals surface area contributed by atoms with Crippen molar-refractivity contribution >= 4 is 0 Å². The van der Waals surface area contributed by atoms with Gasteiger partial charge in [-0.3, -0.25) is 0 Å². The number of nitrogens with two attached hydrogens (primary N) is 1. The van der Waals surface area contributed by atoms with Crippen molar-refractivity contribution < 1.29 is 9.13 Å². The van der Waals surface area contributed by atoms with Crippen molar-refractivity contribution in [2.24, 2.45) is 5.73 Å². The van der Waals surface area contributed by atoms with Crippen molar-refractivity contribution in [2.75, 3.05) is 7.11 Å². The molecule has 0 fully saturated rings. The van der Waals surface area contributed by atoms with E-state index in [1.54, 1.807) is 19.2 Å². The zero-order valence-electron chi connectivity index (χ0n) is 12.9. The lowest BCUT2D eigenvalue weighted by atomic mass is 10.1. The summed E-state index contributed by atoms with van der Waals surface area (Å²) in [5.74, 6) is 1.21. The van der Waals surface area contributed by atoms with E-state index in [9.17, 15) is 4.39 Å². The van der Waals surface area contributed by atoms with E-state index in [0.29, 0.717) is 17.9 Å². The number of aromatic nitrogens is 2. The number of methoxy groups -OCH3 is 1. The molecule has 1 heterocycles. The molecule has 3 rings (SSSR count). The lowest BCUT2D eigenvalue weighted by Crippen LogP contribution is -2.09. The number of imidazole rings is 1. The van der Waals surface area contributed by atoms with Crippen LogP contribution in [0.3, 0.4) is 0 Å². The van der Waals surface area contributed by atoms with Crippen LogP contribution in [0.2, 0.25) is 0 Å². The Morgan fingerprint density at radius 2 is 1.87 bits per heavy atom. The van der Waals surface area contributed by atoms with Gasteiger partial charge in [-0.2, -0.15) is 0 Å². The summed E-state index contributed by atoms with van der Waals surface area (Å²) in [6, 6.07) is 14.4. The monoisotopic (exact) mass is 311 g/mol. The van der Waals surface area contributed by atoms with Gasteiger partial charge < -0.3 is 15.0 Å². The van der Waals surface area contributed by atoms with Crippen molar-refractivity contribution in [3.63, 3.8) is 0 Å². The Morgan fingerprint density at radius 1 is 1.13 bits per heavy atom. The largest absolute Gasteiger partial charge is 0.496 e. The van der Waals surface area contributed by atoms with Gasteiger partial charge >= 0.3 is 0 Å². The van der Waals surface area contributed by atoms with E-state index in [4.69, 9.17) is 10.5 Å². The van der Waals surface area contributed by atoms with E-state index < -0.39 is 0 Å². The summed E-state index contributed by atoms with van der Waals surface area (Å²) in [6.07, 6.45) is 1.88. The number of nitrogens with zero attached hydrogens (tertiary/aromatic N) is 2. The fraction of sp³-hybridized carbons (Fsp3) is 0.167. The third-order valence-corrected chi connectivity index (χ3v) is 3.72. The van der Waals surface area contributed by atoms with E-state index in [1.165, 1.54) is 6.07 Å². The van der Waals surface area contributed by atoms with E-state index in [1.807, 2.05) is 41.1 Å². The number of benzene rings is 2. The Balaban J connectivity index is 2.00. The van der Waals surface area contributed by atoms with Gasteiger partial charge in [0.15, 0.2) is 0 Å². The Bertz CT molecular complexity index is 814. The minimum absolute atomic E-state index is 0.233. The maximum atomic E-state index is 13.9. The lowest BCUT2D eigenvalue weighted by Gasteiger charge is -2.07. The predicted molar refractivity (Wildman–Crippen MR) is 87.6 cm³/mol. The van der Waals surface area contributed by atoms with Gasteiger partial charge in [-0.15, -0.1) is 0 Å². The molecule has 2 N–H and O–H groups in total. The molecule has 0 aliphatic rings. The van der Waals surface area contributed by atoms with Crippen molar-refractivity contribution in [1.29, 1.82) is 0 Å². The van der Waals surface area contributed by atoms with Crippen LogP contribution in [0, 0.1) is 5.82 Å². The number of para-hydroxylation sites is 1. The zero-order valence-corrected chi connectivity index (χ0v) is 12.9. The summed E-state index contributed by atoms with van der Waals surface area (Å²) in [7, 11) is 1.62. The van der Waals surface area contributed by atoms with Crippen LogP contribution in [0.1, 0.15) is 11.4 Å². The fourth-order valence-corrected chi connectivity index (χ4v) is 2.55. The molecule has 0 aliphatic carbocycles. The first-order valence-corrected chi connectivity index (χ1v) is 7.36. The van der Waals surface area contributed by atoms with Gasteiger partial charge in [-0.1, -0.05) is 30.3 Å². The highest BCUT2D eigenvalue weighted by molar-refractivity contribution is 5.66. The van der Waals surface area contributed by atoms with Crippen LogP contribution in [0.15, 0.2) is 54.7 Å². The second-order valence-corrected chi connectivity index (χ2v) is 5.17. The Labute approximate surface area is 134 Å². The van der Waals surface area contributed by atoms with Gasteiger partial charge in [0.05, 0.1) is 25.9 Å². The average molecular weight is 311 g/mol. The number of hydrogen-bond donors (Lipinski definition) is 1. The minimum Gasteiger partial charge on any atom is -0.496 e. The fourth-order valence-electron chi connectivity index (χ4n) is 2.55. The van der Waals surface area contributed by atoms with E-state index >= 15 is 0 Å². The van der Waals surface area contributed by atoms with Crippen LogP contribution in [-0.4, -0.2) is 16.7 Å². The van der Waals surface area contributed by atoms with Crippen LogP contribution < -0.4 is 10.5 Å². The second kappa shape index (κ2) is 6.62. The molecule has 23 heavy (non-hydrogen) atoms. The van der Waals surface area contributed by atoms with E-state index in [-0.39, 0.29) is 12.4 Å².